The van der Waals surface area contributed by atoms with Crippen LogP contribution in [0.4, 0.5) is 32.4 Å². The highest BCUT2D eigenvalue weighted by atomic mass is 19.4. The Morgan fingerprint density at radius 3 is 2.57 bits per heavy atom. The van der Waals surface area contributed by atoms with E-state index in [9.17, 15) is 41.1 Å². The quantitative estimate of drug-likeness (QED) is 0.196. The second kappa shape index (κ2) is 13.3. The molecule has 2 heterocycles. The second-order valence-corrected chi connectivity index (χ2v) is 9.40. The number of halogens is 5. The fourth-order valence-corrected chi connectivity index (χ4v) is 3.94. The Hall–Kier alpha value is -4.76. The molecule has 0 aliphatic rings. The van der Waals surface area contributed by atoms with Crippen LogP contribution in [-0.4, -0.2) is 68.8 Å². The molecule has 42 heavy (non-hydrogen) atoms. The molecule has 1 atom stereocenters. The number of fused-ring (bicyclic) bond motifs is 1. The molecule has 4 N–H and O–H groups in total. The van der Waals surface area contributed by atoms with Gasteiger partial charge in [-0.1, -0.05) is 6.08 Å². The third kappa shape index (κ3) is 8.37. The fraction of sp³-hybridized carbons (Fsp3) is 0.346. The number of aryl methyl sites for hydroxylation is 1. The molecular formula is C26H27F5N6O5. The smallest absolute Gasteiger partial charge is 0.405 e. The topological polar surface area (TPSA) is 149 Å². The lowest BCUT2D eigenvalue weighted by atomic mass is 10.1. The average molecular weight is 599 g/mol. The van der Waals surface area contributed by atoms with Crippen molar-refractivity contribution in [2.75, 3.05) is 19.4 Å². The van der Waals surface area contributed by atoms with Gasteiger partial charge in [0.15, 0.2) is 5.82 Å². The van der Waals surface area contributed by atoms with Crippen molar-refractivity contribution in [1.29, 1.82) is 0 Å². The maximum Gasteiger partial charge on any atom is 0.405 e. The summed E-state index contributed by atoms with van der Waals surface area (Å²) in [6.07, 6.45) is -4.01. The number of anilines is 1. The van der Waals surface area contributed by atoms with Gasteiger partial charge in [0.25, 0.3) is 5.56 Å². The van der Waals surface area contributed by atoms with Crippen LogP contribution in [0.5, 0.6) is 0 Å². The number of benzene rings is 1. The van der Waals surface area contributed by atoms with Crippen LogP contribution in [0, 0.1) is 11.6 Å². The Balaban J connectivity index is 1.80. The number of carbonyl (C=O) groups excluding carboxylic acids is 2. The summed E-state index contributed by atoms with van der Waals surface area (Å²) >= 11 is 0. The van der Waals surface area contributed by atoms with Gasteiger partial charge in [-0.25, -0.2) is 18.6 Å². The summed E-state index contributed by atoms with van der Waals surface area (Å²) in [5.74, 6) is -3.51. The molecular weight excluding hydrogens is 571 g/mol. The van der Waals surface area contributed by atoms with Crippen molar-refractivity contribution in [2.45, 2.75) is 44.4 Å². The van der Waals surface area contributed by atoms with E-state index in [1.807, 2.05) is 5.32 Å². The van der Waals surface area contributed by atoms with Crippen molar-refractivity contribution in [3.05, 3.63) is 69.9 Å². The maximum absolute atomic E-state index is 14.4. The van der Waals surface area contributed by atoms with Crippen LogP contribution in [0.2, 0.25) is 0 Å². The van der Waals surface area contributed by atoms with Gasteiger partial charge in [-0.2, -0.15) is 13.2 Å². The Morgan fingerprint density at radius 2 is 1.93 bits per heavy atom. The molecule has 0 aliphatic carbocycles. The molecule has 11 nitrogen and oxygen atoms in total. The number of amides is 3. The zero-order valence-electron chi connectivity index (χ0n) is 22.4. The predicted molar refractivity (Wildman–Crippen MR) is 141 cm³/mol. The average Bonchev–Trinajstić information content (AvgIpc) is 3.31. The number of nitrogens with one attached hydrogen (secondary N) is 3. The number of aromatic amines is 1. The molecule has 1 unspecified atom stereocenters. The Labute approximate surface area is 235 Å². The first kappa shape index (κ1) is 31.8. The van der Waals surface area contributed by atoms with Crippen LogP contribution in [-0.2, 0) is 22.6 Å². The number of carbonyl (C=O) groups is 3. The van der Waals surface area contributed by atoms with Crippen LogP contribution in [0.1, 0.15) is 30.7 Å². The number of pyridine rings is 1. The molecule has 226 valence electrons. The van der Waals surface area contributed by atoms with Gasteiger partial charge in [0.2, 0.25) is 11.8 Å². The lowest BCUT2D eigenvalue weighted by Gasteiger charge is -2.16. The molecule has 0 radical (unpaired) electrons. The highest BCUT2D eigenvalue weighted by Crippen LogP contribution is 2.28. The molecule has 1 aromatic carbocycles. The molecule has 3 aromatic rings. The van der Waals surface area contributed by atoms with Crippen molar-refractivity contribution < 1.29 is 41.4 Å². The van der Waals surface area contributed by atoms with E-state index in [-0.39, 0.29) is 42.3 Å². The number of H-pyrrole nitrogens is 1. The van der Waals surface area contributed by atoms with E-state index in [2.05, 4.69) is 15.3 Å². The largest absolute Gasteiger partial charge is 0.465 e. The van der Waals surface area contributed by atoms with E-state index < -0.39 is 65.3 Å². The highest BCUT2D eigenvalue weighted by molar-refractivity contribution is 5.96. The van der Waals surface area contributed by atoms with Crippen molar-refractivity contribution in [1.82, 2.24) is 24.8 Å². The molecule has 2 aromatic heterocycles. The summed E-state index contributed by atoms with van der Waals surface area (Å²) in [5.41, 5.74) is -2.08. The first-order valence-corrected chi connectivity index (χ1v) is 12.5. The molecule has 16 heteroatoms. The fourth-order valence-electron chi connectivity index (χ4n) is 3.94. The van der Waals surface area contributed by atoms with Gasteiger partial charge in [-0.3, -0.25) is 14.4 Å². The number of nitrogens with zero attached hydrogens (tertiary/aromatic N) is 3. The third-order valence-electron chi connectivity index (χ3n) is 6.02. The first-order valence-electron chi connectivity index (χ1n) is 12.5. The van der Waals surface area contributed by atoms with Gasteiger partial charge in [-0.05, 0) is 37.5 Å². The van der Waals surface area contributed by atoms with Crippen LogP contribution < -0.4 is 16.2 Å². The summed E-state index contributed by atoms with van der Waals surface area (Å²) in [5, 5.41) is 13.5. The van der Waals surface area contributed by atoms with Gasteiger partial charge in [-0.15, -0.1) is 0 Å². The molecule has 0 aliphatic heterocycles. The minimum atomic E-state index is -4.57. The number of hydrogen-bond acceptors (Lipinski definition) is 5. The molecule has 0 bridgehead atoms. The number of aromatic nitrogens is 3. The summed E-state index contributed by atoms with van der Waals surface area (Å²) in [4.78, 5) is 56.6. The number of hydrogen-bond donors (Lipinski definition) is 4. The van der Waals surface area contributed by atoms with Gasteiger partial charge in [0.1, 0.15) is 28.9 Å². The van der Waals surface area contributed by atoms with Crippen molar-refractivity contribution in [2.24, 2.45) is 0 Å². The summed E-state index contributed by atoms with van der Waals surface area (Å²) in [7, 11) is 3.09. The van der Waals surface area contributed by atoms with Gasteiger partial charge < -0.3 is 30.2 Å². The number of allylic oxidation sites excluding steroid dienone is 1. The standard InChI is InChI=1S/C26H27F5N6O5/c1-36(2)20(38)8-4-3-6-17(33-25(41)42)23(39)32-18-7-5-11-37(24(18)40)13-19-34-21-14(9-10-26(29,30)31)15(27)12-16(28)22(21)35-19/h4-5,7-8,11-12,17,33H,3,6,9-10,13H2,1-2H3,(H,32,39)(H,34,35)(H,41,42). The normalized spacial score (nSPS) is 12.5. The number of rotatable bonds is 11. The van der Waals surface area contributed by atoms with Crippen molar-refractivity contribution in [3.8, 4) is 0 Å². The zero-order valence-corrected chi connectivity index (χ0v) is 22.4. The second-order valence-electron chi connectivity index (χ2n) is 9.40. The summed E-state index contributed by atoms with van der Waals surface area (Å²) < 4.78 is 67.9. The number of alkyl halides is 3. The minimum absolute atomic E-state index is 0.0336. The highest BCUT2D eigenvalue weighted by Gasteiger charge is 2.29. The Morgan fingerprint density at radius 1 is 1.21 bits per heavy atom. The molecule has 3 amide bonds. The van der Waals surface area contributed by atoms with Gasteiger partial charge in [0, 0.05) is 38.3 Å². The van der Waals surface area contributed by atoms with E-state index in [0.717, 1.165) is 4.57 Å². The van der Waals surface area contributed by atoms with E-state index in [0.29, 0.717) is 6.07 Å². The first-order chi connectivity index (χ1) is 19.7. The minimum Gasteiger partial charge on any atom is -0.465 e. The lowest BCUT2D eigenvalue weighted by Crippen LogP contribution is -2.44. The lowest BCUT2D eigenvalue weighted by molar-refractivity contribution is -0.134. The van der Waals surface area contributed by atoms with Crippen LogP contribution >= 0.6 is 0 Å². The number of likely N-dealkylation sites (N-methyl/N-ethyl adjacent to an activating group) is 1. The molecule has 3 rings (SSSR count). The monoisotopic (exact) mass is 598 g/mol. The van der Waals surface area contributed by atoms with E-state index in [1.54, 1.807) is 14.1 Å². The molecule has 0 fully saturated rings. The molecule has 0 spiro atoms. The van der Waals surface area contributed by atoms with Crippen LogP contribution in [0.3, 0.4) is 0 Å². The Kier molecular flexibility index (Phi) is 10.0. The molecule has 0 saturated carbocycles. The SMILES string of the molecule is CN(C)C(=O)C=CCCC(NC(=O)O)C(=O)Nc1cccn(Cc2nc3c(F)cc(F)c(CCC(F)(F)F)c3[nH]2)c1=O. The zero-order chi connectivity index (χ0) is 31.2. The summed E-state index contributed by atoms with van der Waals surface area (Å²) in [6.45, 7) is -0.349. The predicted octanol–water partition coefficient (Wildman–Crippen LogP) is 3.55. The van der Waals surface area contributed by atoms with Crippen molar-refractivity contribution >= 4 is 34.6 Å². The van der Waals surface area contributed by atoms with Gasteiger partial charge >= 0.3 is 12.3 Å². The molecule has 0 saturated heterocycles. The third-order valence-corrected chi connectivity index (χ3v) is 6.02. The van der Waals surface area contributed by atoms with E-state index in [1.165, 1.54) is 35.4 Å². The maximum atomic E-state index is 14.4. The van der Waals surface area contributed by atoms with E-state index >= 15 is 0 Å². The van der Waals surface area contributed by atoms with Crippen LogP contribution in [0.25, 0.3) is 11.0 Å². The van der Waals surface area contributed by atoms with Crippen molar-refractivity contribution in [3.63, 3.8) is 0 Å². The summed E-state index contributed by atoms with van der Waals surface area (Å²) in [6, 6.07) is 1.80. The number of carboxylic acid groups (broad SMARTS) is 1. The van der Waals surface area contributed by atoms with E-state index in [4.69, 9.17) is 5.11 Å². The van der Waals surface area contributed by atoms with Gasteiger partial charge in [0.05, 0.1) is 12.1 Å². The Bertz CT molecular complexity index is 1560. The van der Waals surface area contributed by atoms with Crippen LogP contribution in [0.15, 0.2) is 41.3 Å². The number of imidazole rings is 1.